The Hall–Kier alpha value is -2.60. The Kier molecular flexibility index (Phi) is 4.39. The van der Waals surface area contributed by atoms with Gasteiger partial charge in [0.25, 0.3) is 5.91 Å². The van der Waals surface area contributed by atoms with E-state index in [2.05, 4.69) is 5.32 Å². The Morgan fingerprint density at radius 3 is 2.36 bits per heavy atom. The van der Waals surface area contributed by atoms with Crippen molar-refractivity contribution in [3.63, 3.8) is 0 Å². The Morgan fingerprint density at radius 2 is 1.72 bits per heavy atom. The minimum absolute atomic E-state index is 0.156. The second-order valence-electron chi connectivity index (χ2n) is 6.21. The molecule has 1 aromatic heterocycles. The first-order valence-electron chi connectivity index (χ1n) is 7.92. The number of nitrogens with one attached hydrogen (secondary N) is 1. The summed E-state index contributed by atoms with van der Waals surface area (Å²) >= 11 is 0. The highest BCUT2D eigenvalue weighted by Gasteiger charge is 2.17. The lowest BCUT2D eigenvalue weighted by Crippen LogP contribution is -2.26. The molecule has 2 aromatic carbocycles. The predicted molar refractivity (Wildman–Crippen MR) is 98.4 cm³/mol. The van der Waals surface area contributed by atoms with Gasteiger partial charge in [-0.3, -0.25) is 4.79 Å². The Labute approximate surface area is 147 Å². The fourth-order valence-electron chi connectivity index (χ4n) is 2.88. The lowest BCUT2D eigenvalue weighted by atomic mass is 10.1. The molecule has 1 N–H and O–H groups in total. The molecule has 1 heterocycles. The van der Waals surface area contributed by atoms with Gasteiger partial charge in [-0.25, -0.2) is 8.42 Å². The van der Waals surface area contributed by atoms with Crippen LogP contribution in [0.4, 0.5) is 0 Å². The zero-order valence-corrected chi connectivity index (χ0v) is 15.2. The number of fused-ring (bicyclic) bond motifs is 1. The van der Waals surface area contributed by atoms with Gasteiger partial charge in [-0.15, -0.1) is 0 Å². The van der Waals surface area contributed by atoms with Gasteiger partial charge in [-0.1, -0.05) is 30.3 Å². The van der Waals surface area contributed by atoms with E-state index in [1.165, 1.54) is 6.26 Å². The van der Waals surface area contributed by atoms with Gasteiger partial charge in [0.15, 0.2) is 9.84 Å². The van der Waals surface area contributed by atoms with E-state index in [9.17, 15) is 13.2 Å². The van der Waals surface area contributed by atoms with E-state index in [-0.39, 0.29) is 16.8 Å². The molecule has 130 valence electrons. The van der Waals surface area contributed by atoms with Crippen molar-refractivity contribution in [2.24, 2.45) is 7.05 Å². The molecular weight excluding hydrogens is 336 g/mol. The fraction of sp³-hybridized carbons (Fsp3) is 0.211. The molecule has 1 amide bonds. The molecule has 0 saturated heterocycles. The Balaban J connectivity index is 1.82. The summed E-state index contributed by atoms with van der Waals surface area (Å²) in [5.41, 5.74) is 2.47. The quantitative estimate of drug-likeness (QED) is 0.781. The fourth-order valence-corrected chi connectivity index (χ4v) is 3.51. The van der Waals surface area contributed by atoms with Crippen LogP contribution in [0.25, 0.3) is 10.9 Å². The average molecular weight is 356 g/mol. The molecule has 0 aliphatic rings. The van der Waals surface area contributed by atoms with Gasteiger partial charge in [0.1, 0.15) is 0 Å². The molecule has 0 bridgehead atoms. The van der Waals surface area contributed by atoms with Gasteiger partial charge in [-0.2, -0.15) is 0 Å². The number of amides is 1. The van der Waals surface area contributed by atoms with E-state index in [1.807, 2.05) is 49.0 Å². The normalized spacial score (nSPS) is 12.9. The molecule has 0 fully saturated rings. The number of aryl methyl sites for hydroxylation is 1. The summed E-state index contributed by atoms with van der Waals surface area (Å²) in [4.78, 5) is 12.9. The SMILES string of the molecule is C[C@H](NC(=O)c1cn(C)c2ccccc12)c1ccc(S(C)(=O)=O)cc1. The molecule has 0 unspecified atom stereocenters. The number of aromatic nitrogens is 1. The van der Waals surface area contributed by atoms with E-state index >= 15 is 0 Å². The smallest absolute Gasteiger partial charge is 0.253 e. The molecular formula is C19H20N2O3S. The van der Waals surface area contributed by atoms with Crippen LogP contribution in [-0.2, 0) is 16.9 Å². The third kappa shape index (κ3) is 3.44. The van der Waals surface area contributed by atoms with Crippen LogP contribution in [0.2, 0.25) is 0 Å². The summed E-state index contributed by atoms with van der Waals surface area (Å²) < 4.78 is 25.0. The Bertz CT molecular complexity index is 1030. The molecule has 0 aliphatic heterocycles. The minimum Gasteiger partial charge on any atom is -0.350 e. The summed E-state index contributed by atoms with van der Waals surface area (Å²) in [5, 5.41) is 3.88. The number of carbonyl (C=O) groups is 1. The van der Waals surface area contributed by atoms with E-state index < -0.39 is 9.84 Å². The number of rotatable bonds is 4. The van der Waals surface area contributed by atoms with E-state index in [0.717, 1.165) is 16.5 Å². The molecule has 6 heteroatoms. The van der Waals surface area contributed by atoms with Crippen LogP contribution in [0.1, 0.15) is 28.9 Å². The van der Waals surface area contributed by atoms with Crippen molar-refractivity contribution in [2.75, 3.05) is 6.26 Å². The summed E-state index contributed by atoms with van der Waals surface area (Å²) in [6, 6.07) is 14.1. The van der Waals surface area contributed by atoms with Crippen LogP contribution in [0.15, 0.2) is 59.6 Å². The molecule has 5 nitrogen and oxygen atoms in total. The van der Waals surface area contributed by atoms with Crippen molar-refractivity contribution in [1.29, 1.82) is 0 Å². The Morgan fingerprint density at radius 1 is 1.08 bits per heavy atom. The molecule has 0 spiro atoms. The summed E-state index contributed by atoms with van der Waals surface area (Å²) in [6.07, 6.45) is 2.99. The van der Waals surface area contributed by atoms with Gasteiger partial charge in [0, 0.05) is 30.4 Å². The van der Waals surface area contributed by atoms with Crippen LogP contribution < -0.4 is 5.32 Å². The largest absolute Gasteiger partial charge is 0.350 e. The number of sulfone groups is 1. The number of nitrogens with zero attached hydrogens (tertiary/aromatic N) is 1. The summed E-state index contributed by atoms with van der Waals surface area (Å²) in [7, 11) is -1.31. The van der Waals surface area contributed by atoms with Gasteiger partial charge >= 0.3 is 0 Å². The van der Waals surface area contributed by atoms with Crippen LogP contribution >= 0.6 is 0 Å². The van der Waals surface area contributed by atoms with Crippen LogP contribution in [0, 0.1) is 0 Å². The number of para-hydroxylation sites is 1. The maximum atomic E-state index is 12.7. The summed E-state index contributed by atoms with van der Waals surface area (Å²) in [6.45, 7) is 1.87. The molecule has 0 saturated carbocycles. The van der Waals surface area contributed by atoms with Crippen molar-refractivity contribution in [2.45, 2.75) is 17.9 Å². The molecule has 3 rings (SSSR count). The maximum Gasteiger partial charge on any atom is 0.253 e. The lowest BCUT2D eigenvalue weighted by Gasteiger charge is -2.14. The predicted octanol–water partition coefficient (Wildman–Crippen LogP) is 3.07. The topological polar surface area (TPSA) is 68.2 Å². The highest BCUT2D eigenvalue weighted by Crippen LogP contribution is 2.22. The highest BCUT2D eigenvalue weighted by molar-refractivity contribution is 7.90. The van der Waals surface area contributed by atoms with Crippen molar-refractivity contribution >= 4 is 26.6 Å². The zero-order valence-electron chi connectivity index (χ0n) is 14.4. The van der Waals surface area contributed by atoms with Crippen LogP contribution in [0.5, 0.6) is 0 Å². The van der Waals surface area contributed by atoms with Crippen molar-refractivity contribution in [3.05, 3.63) is 65.9 Å². The first-order valence-corrected chi connectivity index (χ1v) is 9.81. The van der Waals surface area contributed by atoms with Crippen molar-refractivity contribution in [1.82, 2.24) is 9.88 Å². The first kappa shape index (κ1) is 17.2. The molecule has 25 heavy (non-hydrogen) atoms. The van der Waals surface area contributed by atoms with Gasteiger partial charge in [0.2, 0.25) is 0 Å². The average Bonchev–Trinajstić information content (AvgIpc) is 2.92. The van der Waals surface area contributed by atoms with E-state index in [0.29, 0.717) is 5.56 Å². The number of hydrogen-bond donors (Lipinski definition) is 1. The second-order valence-corrected chi connectivity index (χ2v) is 8.22. The molecule has 1 atom stereocenters. The molecule has 0 aliphatic carbocycles. The van der Waals surface area contributed by atoms with Gasteiger partial charge in [-0.05, 0) is 30.7 Å². The zero-order chi connectivity index (χ0) is 18.2. The monoisotopic (exact) mass is 356 g/mol. The third-order valence-electron chi connectivity index (χ3n) is 4.30. The van der Waals surface area contributed by atoms with Crippen LogP contribution in [0.3, 0.4) is 0 Å². The van der Waals surface area contributed by atoms with Crippen LogP contribution in [-0.4, -0.2) is 25.1 Å². The van der Waals surface area contributed by atoms with Gasteiger partial charge < -0.3 is 9.88 Å². The van der Waals surface area contributed by atoms with Crippen molar-refractivity contribution in [3.8, 4) is 0 Å². The first-order chi connectivity index (χ1) is 11.8. The van der Waals surface area contributed by atoms with E-state index in [4.69, 9.17) is 0 Å². The maximum absolute atomic E-state index is 12.7. The lowest BCUT2D eigenvalue weighted by molar-refractivity contribution is 0.0941. The minimum atomic E-state index is -3.22. The third-order valence-corrected chi connectivity index (χ3v) is 5.43. The molecule has 3 aromatic rings. The summed E-state index contributed by atoms with van der Waals surface area (Å²) in [5.74, 6) is -0.156. The number of hydrogen-bond acceptors (Lipinski definition) is 3. The van der Waals surface area contributed by atoms with Crippen molar-refractivity contribution < 1.29 is 13.2 Å². The van der Waals surface area contributed by atoms with Gasteiger partial charge in [0.05, 0.1) is 16.5 Å². The number of carbonyl (C=O) groups excluding carboxylic acids is 1. The number of benzene rings is 2. The second kappa shape index (κ2) is 6.37. The standard InChI is InChI=1S/C19H20N2O3S/c1-13(14-8-10-15(11-9-14)25(3,23)24)20-19(22)17-12-21(2)18-7-5-4-6-16(17)18/h4-13H,1-3H3,(H,20,22)/t13-/m0/s1. The van der Waals surface area contributed by atoms with E-state index in [1.54, 1.807) is 24.3 Å². The highest BCUT2D eigenvalue weighted by atomic mass is 32.2. The molecule has 0 radical (unpaired) electrons.